The summed E-state index contributed by atoms with van der Waals surface area (Å²) in [6, 6.07) is 15.1. The molecule has 1 N–H and O–H groups in total. The van der Waals surface area contributed by atoms with Crippen LogP contribution in [0.5, 0.6) is 5.75 Å². The van der Waals surface area contributed by atoms with Gasteiger partial charge in [-0.15, -0.1) is 0 Å². The maximum absolute atomic E-state index is 13.3. The first kappa shape index (κ1) is 24.3. The first-order valence-electron chi connectivity index (χ1n) is 11.5. The van der Waals surface area contributed by atoms with Gasteiger partial charge in [-0.25, -0.2) is 0 Å². The number of ether oxygens (including phenoxy) is 2. The Kier molecular flexibility index (Phi) is 8.49. The minimum absolute atomic E-state index is 0.289. The molecule has 1 aliphatic heterocycles. The summed E-state index contributed by atoms with van der Waals surface area (Å²) >= 11 is 0. The number of carbonyl (C=O) groups excluding carboxylic acids is 2. The highest BCUT2D eigenvalue weighted by Gasteiger charge is 2.38. The van der Waals surface area contributed by atoms with E-state index in [0.717, 1.165) is 24.5 Å². The number of hydrogen-bond acceptors (Lipinski definition) is 6. The molecule has 33 heavy (non-hydrogen) atoms. The zero-order chi connectivity index (χ0) is 23.8. The second-order valence-electron chi connectivity index (χ2n) is 7.64. The summed E-state index contributed by atoms with van der Waals surface area (Å²) < 4.78 is 10.6. The van der Waals surface area contributed by atoms with Crippen molar-refractivity contribution in [2.45, 2.75) is 27.2 Å². The van der Waals surface area contributed by atoms with E-state index >= 15 is 0 Å². The Morgan fingerprint density at radius 3 is 2.15 bits per heavy atom. The number of hydrogen-bond donors (Lipinski definition) is 1. The lowest BCUT2D eigenvalue weighted by molar-refractivity contribution is -0.137. The van der Waals surface area contributed by atoms with Crippen LogP contribution >= 0.6 is 0 Å². The first-order chi connectivity index (χ1) is 16.0. The highest BCUT2D eigenvalue weighted by Crippen LogP contribution is 2.32. The molecule has 0 spiro atoms. The second kappa shape index (κ2) is 11.5. The molecule has 3 rings (SSSR count). The van der Waals surface area contributed by atoms with Gasteiger partial charge in [0, 0.05) is 44.2 Å². The highest BCUT2D eigenvalue weighted by atomic mass is 16.5. The second-order valence-corrected chi connectivity index (χ2v) is 7.64. The van der Waals surface area contributed by atoms with Crippen LogP contribution in [-0.2, 0) is 14.3 Å². The molecule has 176 valence electrons. The Morgan fingerprint density at radius 2 is 1.58 bits per heavy atom. The normalized spacial score (nSPS) is 13.6. The van der Waals surface area contributed by atoms with E-state index in [-0.39, 0.29) is 17.5 Å². The fourth-order valence-electron chi connectivity index (χ4n) is 3.88. The Balaban J connectivity index is 1.90. The largest absolute Gasteiger partial charge is 0.497 e. The quantitative estimate of drug-likeness (QED) is 0.386. The van der Waals surface area contributed by atoms with Crippen LogP contribution in [0.2, 0.25) is 0 Å². The Labute approximate surface area is 196 Å². The molecule has 0 atom stereocenters. The lowest BCUT2D eigenvalue weighted by Gasteiger charge is -2.21. The molecule has 7 heteroatoms. The van der Waals surface area contributed by atoms with Gasteiger partial charge >= 0.3 is 0 Å². The SMILES string of the molecule is CCOCCCN1C(=O)C(Nc2ccc(N(CC)CC)cc2)=C(c2ccc(OC)cc2)C1=O. The van der Waals surface area contributed by atoms with E-state index in [1.807, 2.05) is 31.2 Å². The average Bonchev–Trinajstić information content (AvgIpc) is 3.07. The summed E-state index contributed by atoms with van der Waals surface area (Å²) in [4.78, 5) is 30.1. The monoisotopic (exact) mass is 451 g/mol. The fraction of sp³-hybridized carbons (Fsp3) is 0.385. The summed E-state index contributed by atoms with van der Waals surface area (Å²) in [7, 11) is 1.59. The third kappa shape index (κ3) is 5.54. The number of nitrogens with zero attached hydrogens (tertiary/aromatic N) is 2. The molecule has 1 heterocycles. The van der Waals surface area contributed by atoms with Crippen LogP contribution < -0.4 is 15.0 Å². The maximum atomic E-state index is 13.3. The summed E-state index contributed by atoms with van der Waals surface area (Å²) in [6.07, 6.45) is 0.590. The van der Waals surface area contributed by atoms with Crippen LogP contribution in [0.1, 0.15) is 32.8 Å². The van der Waals surface area contributed by atoms with Gasteiger partial charge in [-0.2, -0.15) is 0 Å². The van der Waals surface area contributed by atoms with Gasteiger partial charge in [0.25, 0.3) is 11.8 Å². The average molecular weight is 452 g/mol. The van der Waals surface area contributed by atoms with E-state index in [2.05, 4.69) is 24.1 Å². The smallest absolute Gasteiger partial charge is 0.278 e. The molecule has 0 unspecified atom stereocenters. The van der Waals surface area contributed by atoms with Crippen molar-refractivity contribution < 1.29 is 19.1 Å². The van der Waals surface area contributed by atoms with Gasteiger partial charge in [0.05, 0.1) is 12.7 Å². The van der Waals surface area contributed by atoms with Gasteiger partial charge in [0.1, 0.15) is 11.4 Å². The predicted octanol–water partition coefficient (Wildman–Crippen LogP) is 4.16. The van der Waals surface area contributed by atoms with Crippen LogP contribution in [-0.4, -0.2) is 56.7 Å². The van der Waals surface area contributed by atoms with E-state index in [0.29, 0.717) is 43.1 Å². The van der Waals surface area contributed by atoms with Crippen molar-refractivity contribution in [2.24, 2.45) is 0 Å². The first-order valence-corrected chi connectivity index (χ1v) is 11.5. The number of rotatable bonds is 12. The molecule has 0 saturated heterocycles. The topological polar surface area (TPSA) is 71.1 Å². The van der Waals surface area contributed by atoms with Crippen molar-refractivity contribution in [3.05, 3.63) is 59.8 Å². The predicted molar refractivity (Wildman–Crippen MR) is 131 cm³/mol. The third-order valence-corrected chi connectivity index (χ3v) is 5.69. The van der Waals surface area contributed by atoms with Gasteiger partial charge in [0.15, 0.2) is 0 Å². The summed E-state index contributed by atoms with van der Waals surface area (Å²) in [5.41, 5.74) is 3.19. The molecule has 0 aliphatic carbocycles. The minimum atomic E-state index is -0.324. The van der Waals surface area contributed by atoms with Crippen LogP contribution in [0.15, 0.2) is 54.2 Å². The van der Waals surface area contributed by atoms with E-state index in [1.165, 1.54) is 4.90 Å². The summed E-state index contributed by atoms with van der Waals surface area (Å²) in [6.45, 7) is 9.40. The lowest BCUT2D eigenvalue weighted by Crippen LogP contribution is -2.34. The molecular weight excluding hydrogens is 418 g/mol. The van der Waals surface area contributed by atoms with E-state index < -0.39 is 0 Å². The van der Waals surface area contributed by atoms with Crippen molar-refractivity contribution in [1.82, 2.24) is 4.90 Å². The van der Waals surface area contributed by atoms with Crippen LogP contribution in [0.4, 0.5) is 11.4 Å². The lowest BCUT2D eigenvalue weighted by atomic mass is 10.0. The van der Waals surface area contributed by atoms with E-state index in [1.54, 1.807) is 31.4 Å². The summed E-state index contributed by atoms with van der Waals surface area (Å²) in [5, 5.41) is 3.22. The van der Waals surface area contributed by atoms with Crippen molar-refractivity contribution in [2.75, 3.05) is 50.2 Å². The minimum Gasteiger partial charge on any atom is -0.497 e. The number of benzene rings is 2. The van der Waals surface area contributed by atoms with Crippen LogP contribution in [0, 0.1) is 0 Å². The highest BCUT2D eigenvalue weighted by molar-refractivity contribution is 6.36. The fourth-order valence-corrected chi connectivity index (χ4v) is 3.88. The molecular formula is C26H33N3O4. The number of carbonyl (C=O) groups is 2. The molecule has 2 aromatic rings. The standard InChI is InChI=1S/C26H33N3O4/c1-5-28(6-2)21-13-11-20(12-14-21)27-24-23(19-9-15-22(32-4)16-10-19)25(30)29(26(24)31)17-8-18-33-7-3/h9-16,27H,5-8,17-18H2,1-4H3. The third-order valence-electron chi connectivity index (χ3n) is 5.69. The Bertz CT molecular complexity index is 980. The van der Waals surface area contributed by atoms with E-state index in [9.17, 15) is 9.59 Å². The summed E-state index contributed by atoms with van der Waals surface area (Å²) in [5.74, 6) is 0.0604. The molecule has 7 nitrogen and oxygen atoms in total. The Morgan fingerprint density at radius 1 is 0.909 bits per heavy atom. The number of methoxy groups -OCH3 is 1. The van der Waals surface area contributed by atoms with Crippen molar-refractivity contribution >= 4 is 28.8 Å². The molecule has 0 saturated carbocycles. The molecule has 2 aromatic carbocycles. The van der Waals surface area contributed by atoms with Gasteiger partial charge in [-0.05, 0) is 69.2 Å². The molecule has 1 aliphatic rings. The molecule has 0 fully saturated rings. The zero-order valence-corrected chi connectivity index (χ0v) is 19.9. The maximum Gasteiger partial charge on any atom is 0.278 e. The van der Waals surface area contributed by atoms with Crippen molar-refractivity contribution in [3.63, 3.8) is 0 Å². The van der Waals surface area contributed by atoms with Crippen LogP contribution in [0.3, 0.4) is 0 Å². The molecule has 0 aromatic heterocycles. The zero-order valence-electron chi connectivity index (χ0n) is 19.9. The van der Waals surface area contributed by atoms with Crippen molar-refractivity contribution in [3.8, 4) is 5.75 Å². The van der Waals surface area contributed by atoms with Gasteiger partial charge < -0.3 is 19.7 Å². The number of nitrogens with one attached hydrogen (secondary N) is 1. The number of imide groups is 1. The van der Waals surface area contributed by atoms with Gasteiger partial charge in [-0.1, -0.05) is 12.1 Å². The number of amides is 2. The van der Waals surface area contributed by atoms with Crippen molar-refractivity contribution in [1.29, 1.82) is 0 Å². The van der Waals surface area contributed by atoms with E-state index in [4.69, 9.17) is 9.47 Å². The molecule has 0 bridgehead atoms. The Hall–Kier alpha value is -3.32. The number of anilines is 2. The van der Waals surface area contributed by atoms with Gasteiger partial charge in [0.2, 0.25) is 0 Å². The van der Waals surface area contributed by atoms with Crippen LogP contribution in [0.25, 0.3) is 5.57 Å². The van der Waals surface area contributed by atoms with Gasteiger partial charge in [-0.3, -0.25) is 14.5 Å². The molecule has 0 radical (unpaired) electrons. The molecule has 2 amide bonds.